The van der Waals surface area contributed by atoms with Crippen molar-refractivity contribution in [1.29, 1.82) is 0 Å². The molecule has 0 bridgehead atoms. The van der Waals surface area contributed by atoms with Gasteiger partial charge in [0.05, 0.1) is 6.61 Å². The van der Waals surface area contributed by atoms with Crippen molar-refractivity contribution in [3.63, 3.8) is 0 Å². The van der Waals surface area contributed by atoms with E-state index in [2.05, 4.69) is 0 Å². The summed E-state index contributed by atoms with van der Waals surface area (Å²) < 4.78 is 4.81. The fourth-order valence-corrected chi connectivity index (χ4v) is 1.43. The number of carbonyl (C=O) groups is 2. The molecule has 0 aromatic heterocycles. The highest BCUT2D eigenvalue weighted by Gasteiger charge is 2.32. The first-order valence-electron chi connectivity index (χ1n) is 4.53. The summed E-state index contributed by atoms with van der Waals surface area (Å²) >= 11 is 0. The molecule has 0 amide bonds. The van der Waals surface area contributed by atoms with Crippen LogP contribution >= 0.6 is 0 Å². The molecule has 0 aromatic rings. The molecule has 0 spiro atoms. The summed E-state index contributed by atoms with van der Waals surface area (Å²) in [4.78, 5) is 24.6. The first-order chi connectivity index (χ1) is 6.15. The summed E-state index contributed by atoms with van der Waals surface area (Å²) in [5.74, 6) is -0.922. The van der Waals surface area contributed by atoms with Crippen LogP contribution in [0.15, 0.2) is 0 Å². The number of nitrogens with zero attached hydrogens (tertiary/aromatic N) is 1. The number of ether oxygens (including phenoxy) is 1. The lowest BCUT2D eigenvalue weighted by atomic mass is 9.97. The third kappa shape index (κ3) is 2.52. The van der Waals surface area contributed by atoms with E-state index < -0.39 is 5.92 Å². The van der Waals surface area contributed by atoms with Crippen molar-refractivity contribution in [1.82, 2.24) is 4.90 Å². The maximum Gasteiger partial charge on any atom is 0.317 e. The van der Waals surface area contributed by atoms with Gasteiger partial charge in [-0.15, -0.1) is 0 Å². The van der Waals surface area contributed by atoms with E-state index in [4.69, 9.17) is 4.74 Å². The predicted octanol–water partition coefficient (Wildman–Crippen LogP) is 0.0703. The van der Waals surface area contributed by atoms with E-state index in [-0.39, 0.29) is 11.8 Å². The summed E-state index contributed by atoms with van der Waals surface area (Å²) in [7, 11) is 1.90. The van der Waals surface area contributed by atoms with Gasteiger partial charge >= 0.3 is 5.97 Å². The third-order valence-corrected chi connectivity index (χ3v) is 2.19. The Labute approximate surface area is 77.8 Å². The van der Waals surface area contributed by atoms with Crippen LogP contribution in [0.25, 0.3) is 0 Å². The van der Waals surface area contributed by atoms with Gasteiger partial charge in [-0.25, -0.2) is 0 Å². The number of Topliss-reactive ketones (excluding diaryl/α,β-unsaturated/α-hetero) is 1. The lowest BCUT2D eigenvalue weighted by molar-refractivity contribution is -0.153. The van der Waals surface area contributed by atoms with Gasteiger partial charge in [0.1, 0.15) is 11.7 Å². The van der Waals surface area contributed by atoms with Crippen molar-refractivity contribution >= 4 is 11.8 Å². The molecule has 1 rings (SSSR count). The zero-order valence-electron chi connectivity index (χ0n) is 8.08. The first kappa shape index (κ1) is 10.2. The van der Waals surface area contributed by atoms with Crippen molar-refractivity contribution in [2.45, 2.75) is 13.3 Å². The van der Waals surface area contributed by atoms with Gasteiger partial charge in [0.15, 0.2) is 0 Å². The SMILES string of the molecule is CCOC(=O)[C@@H]1CN(C)CCC1=O. The molecule has 1 saturated heterocycles. The third-order valence-electron chi connectivity index (χ3n) is 2.19. The minimum absolute atomic E-state index is 0.0107. The molecule has 1 heterocycles. The van der Waals surface area contributed by atoms with Crippen molar-refractivity contribution in [2.75, 3.05) is 26.7 Å². The number of likely N-dealkylation sites (tertiary alicyclic amines) is 1. The van der Waals surface area contributed by atoms with Crippen molar-refractivity contribution < 1.29 is 14.3 Å². The van der Waals surface area contributed by atoms with E-state index in [1.807, 2.05) is 11.9 Å². The van der Waals surface area contributed by atoms with Gasteiger partial charge in [-0.2, -0.15) is 0 Å². The maximum atomic E-state index is 11.3. The molecule has 1 aliphatic heterocycles. The molecule has 4 nitrogen and oxygen atoms in total. The summed E-state index contributed by atoms with van der Waals surface area (Å²) in [6, 6.07) is 0. The smallest absolute Gasteiger partial charge is 0.317 e. The van der Waals surface area contributed by atoms with Crippen LogP contribution in [0.1, 0.15) is 13.3 Å². The second kappa shape index (κ2) is 4.37. The standard InChI is InChI=1S/C9H15NO3/c1-3-13-9(12)7-6-10(2)5-4-8(7)11/h7H,3-6H2,1-2H3/t7-/m1/s1. The molecule has 1 fully saturated rings. The van der Waals surface area contributed by atoms with Crippen LogP contribution in [0.5, 0.6) is 0 Å². The van der Waals surface area contributed by atoms with Crippen LogP contribution in [0.2, 0.25) is 0 Å². The quantitative estimate of drug-likeness (QED) is 0.451. The Morgan fingerprint density at radius 3 is 3.00 bits per heavy atom. The molecule has 1 atom stereocenters. The summed E-state index contributed by atoms with van der Waals surface area (Å²) in [6.45, 7) is 3.33. The Morgan fingerprint density at radius 2 is 2.38 bits per heavy atom. The maximum absolute atomic E-state index is 11.3. The van der Waals surface area contributed by atoms with E-state index in [0.717, 1.165) is 6.54 Å². The van der Waals surface area contributed by atoms with Crippen LogP contribution in [-0.4, -0.2) is 43.4 Å². The van der Waals surface area contributed by atoms with Gasteiger partial charge in [0.2, 0.25) is 0 Å². The normalized spacial score (nSPS) is 24.5. The monoisotopic (exact) mass is 185 g/mol. The van der Waals surface area contributed by atoms with Gasteiger partial charge in [-0.05, 0) is 14.0 Å². The Hall–Kier alpha value is -0.900. The van der Waals surface area contributed by atoms with Crippen molar-refractivity contribution in [2.24, 2.45) is 5.92 Å². The van der Waals surface area contributed by atoms with Gasteiger partial charge < -0.3 is 9.64 Å². The average Bonchev–Trinajstić information content (AvgIpc) is 2.09. The van der Waals surface area contributed by atoms with E-state index in [0.29, 0.717) is 19.6 Å². The number of hydrogen-bond acceptors (Lipinski definition) is 4. The minimum atomic E-state index is -0.557. The topological polar surface area (TPSA) is 46.6 Å². The van der Waals surface area contributed by atoms with Crippen molar-refractivity contribution in [3.05, 3.63) is 0 Å². The minimum Gasteiger partial charge on any atom is -0.465 e. The molecular formula is C9H15NO3. The highest BCUT2D eigenvalue weighted by molar-refractivity contribution is 5.99. The zero-order chi connectivity index (χ0) is 9.84. The molecular weight excluding hydrogens is 170 g/mol. The molecule has 0 radical (unpaired) electrons. The van der Waals surface area contributed by atoms with E-state index in [1.165, 1.54) is 0 Å². The number of hydrogen-bond donors (Lipinski definition) is 0. The lowest BCUT2D eigenvalue weighted by Crippen LogP contribution is -2.42. The van der Waals surface area contributed by atoms with Gasteiger partial charge in [0.25, 0.3) is 0 Å². The molecule has 0 aliphatic carbocycles. The molecule has 1 aliphatic rings. The summed E-state index contributed by atoms with van der Waals surface area (Å²) in [5, 5.41) is 0. The number of esters is 1. The molecule has 0 N–H and O–H groups in total. The summed E-state index contributed by atoms with van der Waals surface area (Å²) in [5.41, 5.74) is 0. The number of rotatable bonds is 2. The van der Waals surface area contributed by atoms with Crippen LogP contribution in [0.4, 0.5) is 0 Å². The highest BCUT2D eigenvalue weighted by Crippen LogP contribution is 2.12. The van der Waals surface area contributed by atoms with E-state index in [9.17, 15) is 9.59 Å². The highest BCUT2D eigenvalue weighted by atomic mass is 16.5. The second-order valence-corrected chi connectivity index (χ2v) is 3.28. The fourth-order valence-electron chi connectivity index (χ4n) is 1.43. The molecule has 0 saturated carbocycles. The second-order valence-electron chi connectivity index (χ2n) is 3.28. The Balaban J connectivity index is 2.55. The van der Waals surface area contributed by atoms with Crippen LogP contribution in [0.3, 0.4) is 0 Å². The lowest BCUT2D eigenvalue weighted by Gasteiger charge is -2.26. The van der Waals surface area contributed by atoms with Gasteiger partial charge in [-0.3, -0.25) is 9.59 Å². The number of ketones is 1. The molecule has 74 valence electrons. The van der Waals surface area contributed by atoms with Gasteiger partial charge in [0, 0.05) is 19.5 Å². The van der Waals surface area contributed by atoms with Crippen LogP contribution in [-0.2, 0) is 14.3 Å². The number of carbonyl (C=O) groups excluding carboxylic acids is 2. The number of piperidine rings is 1. The Morgan fingerprint density at radius 1 is 1.69 bits per heavy atom. The first-order valence-corrected chi connectivity index (χ1v) is 4.53. The van der Waals surface area contributed by atoms with E-state index >= 15 is 0 Å². The van der Waals surface area contributed by atoms with Gasteiger partial charge in [-0.1, -0.05) is 0 Å². The zero-order valence-corrected chi connectivity index (χ0v) is 8.08. The fraction of sp³-hybridized carbons (Fsp3) is 0.778. The molecule has 0 aromatic carbocycles. The summed E-state index contributed by atoms with van der Waals surface area (Å²) in [6.07, 6.45) is 0.458. The largest absolute Gasteiger partial charge is 0.465 e. The molecule has 4 heteroatoms. The molecule has 0 unspecified atom stereocenters. The molecule has 13 heavy (non-hydrogen) atoms. The predicted molar refractivity (Wildman–Crippen MR) is 47.2 cm³/mol. The Bertz CT molecular complexity index is 215. The van der Waals surface area contributed by atoms with Crippen molar-refractivity contribution in [3.8, 4) is 0 Å². The Kier molecular flexibility index (Phi) is 3.42. The van der Waals surface area contributed by atoms with Crippen LogP contribution in [0, 0.1) is 5.92 Å². The average molecular weight is 185 g/mol. The van der Waals surface area contributed by atoms with Crippen LogP contribution < -0.4 is 0 Å². The van der Waals surface area contributed by atoms with E-state index in [1.54, 1.807) is 6.92 Å².